The van der Waals surface area contributed by atoms with Crippen LogP contribution in [0.15, 0.2) is 12.1 Å². The summed E-state index contributed by atoms with van der Waals surface area (Å²) >= 11 is 0. The summed E-state index contributed by atoms with van der Waals surface area (Å²) in [5.74, 6) is 1.94. The van der Waals surface area contributed by atoms with E-state index < -0.39 is 5.60 Å². The summed E-state index contributed by atoms with van der Waals surface area (Å²) in [5, 5.41) is 0. The standard InChI is InChI=1S/C23H32N2O5/c1-14-17-12-19-20(29-15(2)28-19)13-18(17)21(26)25(14)11-8-16-6-9-24(10-7-16)22(27)30-23(3,4)5/h12-16H,6-11H2,1-5H3/t14?,15-/m1/s1. The Morgan fingerprint density at radius 3 is 2.40 bits per heavy atom. The maximum atomic E-state index is 13.0. The van der Waals surface area contributed by atoms with Gasteiger partial charge in [-0.2, -0.15) is 0 Å². The highest BCUT2D eigenvalue weighted by molar-refractivity contribution is 6.00. The van der Waals surface area contributed by atoms with E-state index in [0.717, 1.165) is 36.1 Å². The SMILES string of the molecule is CC1c2cc3c(cc2C(=O)N1CCC1CCN(C(=O)OC(C)(C)C)CC1)O[C@H](C)O3. The van der Waals surface area contributed by atoms with Crippen molar-refractivity contribution in [2.45, 2.75) is 71.8 Å². The lowest BCUT2D eigenvalue weighted by molar-refractivity contribution is 0.0177. The van der Waals surface area contributed by atoms with E-state index in [4.69, 9.17) is 14.2 Å². The molecular weight excluding hydrogens is 384 g/mol. The Bertz CT molecular complexity index is 839. The predicted octanol–water partition coefficient (Wildman–Crippen LogP) is 4.36. The fourth-order valence-electron chi connectivity index (χ4n) is 4.52. The van der Waals surface area contributed by atoms with Gasteiger partial charge in [0.2, 0.25) is 6.29 Å². The van der Waals surface area contributed by atoms with Gasteiger partial charge in [0.15, 0.2) is 11.5 Å². The number of carbonyl (C=O) groups is 2. The molecule has 1 aromatic rings. The smallest absolute Gasteiger partial charge is 0.410 e. The van der Waals surface area contributed by atoms with Crippen molar-refractivity contribution in [1.29, 1.82) is 0 Å². The van der Waals surface area contributed by atoms with Gasteiger partial charge in [-0.3, -0.25) is 4.79 Å². The Hall–Kier alpha value is -2.44. The lowest BCUT2D eigenvalue weighted by Crippen LogP contribution is -2.42. The van der Waals surface area contributed by atoms with Gasteiger partial charge >= 0.3 is 6.09 Å². The van der Waals surface area contributed by atoms with Crippen LogP contribution in [0.1, 0.15) is 75.8 Å². The van der Waals surface area contributed by atoms with Crippen LogP contribution in [0.25, 0.3) is 0 Å². The maximum absolute atomic E-state index is 13.0. The molecule has 0 radical (unpaired) electrons. The first-order valence-electron chi connectivity index (χ1n) is 10.9. The molecule has 2 amide bonds. The minimum atomic E-state index is -0.469. The molecule has 164 valence electrons. The van der Waals surface area contributed by atoms with Crippen molar-refractivity contribution in [3.63, 3.8) is 0 Å². The monoisotopic (exact) mass is 416 g/mol. The summed E-state index contributed by atoms with van der Waals surface area (Å²) < 4.78 is 16.8. The third-order valence-electron chi connectivity index (χ3n) is 6.16. The molecule has 4 rings (SSSR count). The molecule has 1 aromatic carbocycles. The minimum absolute atomic E-state index is 0.0270. The maximum Gasteiger partial charge on any atom is 0.410 e. The highest BCUT2D eigenvalue weighted by atomic mass is 16.7. The minimum Gasteiger partial charge on any atom is -0.451 e. The van der Waals surface area contributed by atoms with Gasteiger partial charge < -0.3 is 24.0 Å². The number of amides is 2. The van der Waals surface area contributed by atoms with Crippen molar-refractivity contribution in [2.75, 3.05) is 19.6 Å². The van der Waals surface area contributed by atoms with Crippen LogP contribution >= 0.6 is 0 Å². The highest BCUT2D eigenvalue weighted by Crippen LogP contribution is 2.43. The van der Waals surface area contributed by atoms with E-state index in [9.17, 15) is 9.59 Å². The average Bonchev–Trinajstić information content (AvgIpc) is 3.14. The summed E-state index contributed by atoms with van der Waals surface area (Å²) in [5.41, 5.74) is 1.26. The van der Waals surface area contributed by atoms with E-state index in [1.807, 2.05) is 44.7 Å². The van der Waals surface area contributed by atoms with Crippen LogP contribution < -0.4 is 9.47 Å². The third-order valence-corrected chi connectivity index (χ3v) is 6.16. The van der Waals surface area contributed by atoms with Crippen LogP contribution in [0.4, 0.5) is 4.79 Å². The zero-order valence-electron chi connectivity index (χ0n) is 18.6. The third kappa shape index (κ3) is 4.07. The molecule has 3 aliphatic rings. The number of rotatable bonds is 3. The molecule has 3 heterocycles. The second-order valence-corrected chi connectivity index (χ2v) is 9.56. The number of hydrogen-bond donors (Lipinski definition) is 0. The van der Waals surface area contributed by atoms with Crippen molar-refractivity contribution >= 4 is 12.0 Å². The first kappa shape index (κ1) is 20.8. The molecule has 7 nitrogen and oxygen atoms in total. The molecule has 1 saturated heterocycles. The van der Waals surface area contributed by atoms with Gasteiger partial charge in [-0.05, 0) is 70.6 Å². The normalized spacial score (nSPS) is 23.7. The first-order chi connectivity index (χ1) is 14.1. The van der Waals surface area contributed by atoms with E-state index in [2.05, 4.69) is 6.92 Å². The van der Waals surface area contributed by atoms with Gasteiger partial charge in [0.25, 0.3) is 5.91 Å². The Labute approximate surface area is 178 Å². The molecular formula is C23H32N2O5. The molecule has 0 spiro atoms. The van der Waals surface area contributed by atoms with Crippen molar-refractivity contribution in [1.82, 2.24) is 9.80 Å². The van der Waals surface area contributed by atoms with Gasteiger partial charge in [0.1, 0.15) is 5.60 Å². The first-order valence-corrected chi connectivity index (χ1v) is 10.9. The van der Waals surface area contributed by atoms with Crippen molar-refractivity contribution in [2.24, 2.45) is 5.92 Å². The van der Waals surface area contributed by atoms with E-state index in [1.165, 1.54) is 0 Å². The summed E-state index contributed by atoms with van der Waals surface area (Å²) in [7, 11) is 0. The zero-order valence-corrected chi connectivity index (χ0v) is 18.6. The fourth-order valence-corrected chi connectivity index (χ4v) is 4.52. The van der Waals surface area contributed by atoms with Crippen molar-refractivity contribution in [3.8, 4) is 11.5 Å². The number of ether oxygens (including phenoxy) is 3. The number of fused-ring (bicyclic) bond motifs is 2. The Balaban J connectivity index is 1.31. The number of likely N-dealkylation sites (tertiary alicyclic amines) is 1. The predicted molar refractivity (Wildman–Crippen MR) is 112 cm³/mol. The molecule has 0 N–H and O–H groups in total. The Morgan fingerprint density at radius 1 is 1.13 bits per heavy atom. The molecule has 7 heteroatoms. The van der Waals surface area contributed by atoms with E-state index in [1.54, 1.807) is 4.90 Å². The van der Waals surface area contributed by atoms with Crippen LogP contribution in [0.2, 0.25) is 0 Å². The van der Waals surface area contributed by atoms with E-state index in [-0.39, 0.29) is 24.3 Å². The Morgan fingerprint density at radius 2 is 1.77 bits per heavy atom. The lowest BCUT2D eigenvalue weighted by Gasteiger charge is -2.34. The number of benzene rings is 1. The van der Waals surface area contributed by atoms with Gasteiger partial charge in [-0.25, -0.2) is 4.79 Å². The Kier molecular flexibility index (Phi) is 5.32. The van der Waals surface area contributed by atoms with Crippen LogP contribution in [0.3, 0.4) is 0 Å². The summed E-state index contributed by atoms with van der Waals surface area (Å²) in [4.78, 5) is 29.0. The zero-order chi connectivity index (χ0) is 21.6. The molecule has 0 saturated carbocycles. The van der Waals surface area contributed by atoms with Crippen molar-refractivity contribution in [3.05, 3.63) is 23.3 Å². The lowest BCUT2D eigenvalue weighted by atomic mass is 9.93. The summed E-state index contributed by atoms with van der Waals surface area (Å²) in [6, 6.07) is 3.81. The van der Waals surface area contributed by atoms with Gasteiger partial charge in [-0.1, -0.05) is 0 Å². The van der Waals surface area contributed by atoms with Crippen molar-refractivity contribution < 1.29 is 23.8 Å². The van der Waals surface area contributed by atoms with Crippen LogP contribution in [0.5, 0.6) is 11.5 Å². The number of nitrogens with zero attached hydrogens (tertiary/aromatic N) is 2. The van der Waals surface area contributed by atoms with Gasteiger partial charge in [0.05, 0.1) is 6.04 Å². The van der Waals surface area contributed by atoms with E-state index in [0.29, 0.717) is 31.3 Å². The molecule has 1 unspecified atom stereocenters. The number of carbonyl (C=O) groups excluding carboxylic acids is 2. The topological polar surface area (TPSA) is 68.3 Å². The average molecular weight is 417 g/mol. The van der Waals surface area contributed by atoms with Gasteiger partial charge in [0, 0.05) is 32.1 Å². The molecule has 1 fully saturated rings. The number of hydrogen-bond acceptors (Lipinski definition) is 5. The van der Waals surface area contributed by atoms with Crippen LogP contribution in [-0.2, 0) is 4.74 Å². The van der Waals surface area contributed by atoms with E-state index >= 15 is 0 Å². The summed E-state index contributed by atoms with van der Waals surface area (Å²) in [6.45, 7) is 11.7. The molecule has 2 atom stereocenters. The largest absolute Gasteiger partial charge is 0.451 e. The van der Waals surface area contributed by atoms with Gasteiger partial charge in [-0.15, -0.1) is 0 Å². The second-order valence-electron chi connectivity index (χ2n) is 9.56. The number of piperidine rings is 1. The quantitative estimate of drug-likeness (QED) is 0.732. The fraction of sp³-hybridized carbons (Fsp3) is 0.652. The molecule has 30 heavy (non-hydrogen) atoms. The molecule has 0 aromatic heterocycles. The van der Waals surface area contributed by atoms with Crippen LogP contribution in [-0.4, -0.2) is 53.3 Å². The summed E-state index contributed by atoms with van der Waals surface area (Å²) in [6.07, 6.45) is 2.28. The molecule has 0 aliphatic carbocycles. The molecule has 0 bridgehead atoms. The molecule has 3 aliphatic heterocycles. The second kappa shape index (κ2) is 7.67. The highest BCUT2D eigenvalue weighted by Gasteiger charge is 2.37. The van der Waals surface area contributed by atoms with Crippen LogP contribution in [0, 0.1) is 5.92 Å².